The number of rotatable bonds is 6. The maximum atomic E-state index is 12.4. The van der Waals surface area contributed by atoms with E-state index < -0.39 is 16.0 Å². The molecule has 1 aliphatic heterocycles. The lowest BCUT2D eigenvalue weighted by Crippen LogP contribution is -2.28. The van der Waals surface area contributed by atoms with Gasteiger partial charge in [0.1, 0.15) is 4.90 Å². The number of carboxylic acid groups (broad SMARTS) is 1. The van der Waals surface area contributed by atoms with Gasteiger partial charge in [-0.1, -0.05) is 6.92 Å². The normalized spacial score (nSPS) is 15.4. The summed E-state index contributed by atoms with van der Waals surface area (Å²) < 4.78 is 27.3. The van der Waals surface area contributed by atoms with E-state index in [1.54, 1.807) is 6.07 Å². The number of anilines is 1. The molecule has 0 saturated carbocycles. The van der Waals surface area contributed by atoms with E-state index in [9.17, 15) is 13.2 Å². The minimum Gasteiger partial charge on any atom is -0.478 e. The Balaban J connectivity index is 2.47. The first-order valence-electron chi connectivity index (χ1n) is 7.07. The highest BCUT2D eigenvalue weighted by molar-refractivity contribution is 7.89. The van der Waals surface area contributed by atoms with E-state index in [1.165, 1.54) is 12.1 Å². The Labute approximate surface area is 124 Å². The summed E-state index contributed by atoms with van der Waals surface area (Å²) in [6.45, 7) is 3.79. The zero-order valence-electron chi connectivity index (χ0n) is 12.0. The summed E-state index contributed by atoms with van der Waals surface area (Å²) in [6.07, 6.45) is 2.71. The summed E-state index contributed by atoms with van der Waals surface area (Å²) in [5.41, 5.74) is 0.566. The van der Waals surface area contributed by atoms with E-state index >= 15 is 0 Å². The molecule has 0 unspecified atom stereocenters. The van der Waals surface area contributed by atoms with Crippen molar-refractivity contribution in [3.63, 3.8) is 0 Å². The number of nitrogens with one attached hydrogen (secondary N) is 1. The first-order chi connectivity index (χ1) is 9.95. The molecule has 0 bridgehead atoms. The van der Waals surface area contributed by atoms with Crippen LogP contribution in [0.15, 0.2) is 23.1 Å². The van der Waals surface area contributed by atoms with Crippen LogP contribution in [0.1, 0.15) is 36.5 Å². The van der Waals surface area contributed by atoms with Gasteiger partial charge in [0.15, 0.2) is 0 Å². The second kappa shape index (κ2) is 6.44. The summed E-state index contributed by atoms with van der Waals surface area (Å²) in [6, 6.07) is 4.29. The average Bonchev–Trinajstić information content (AvgIpc) is 2.98. The van der Waals surface area contributed by atoms with Crippen LogP contribution in [0.3, 0.4) is 0 Å². The minimum absolute atomic E-state index is 0.0187. The zero-order valence-corrected chi connectivity index (χ0v) is 12.8. The van der Waals surface area contributed by atoms with E-state index in [0.29, 0.717) is 18.7 Å². The standard InChI is InChI=1S/C14H20N2O4S/c1-2-7-15-21(19,20)13-10-11(14(17)18)5-6-12(13)16-8-3-4-9-16/h5-6,10,15H,2-4,7-9H2,1H3,(H,17,18). The summed E-state index contributed by atoms with van der Waals surface area (Å²) in [4.78, 5) is 13.1. The molecule has 2 rings (SSSR count). The van der Waals surface area contributed by atoms with Crippen molar-refractivity contribution < 1.29 is 18.3 Å². The zero-order chi connectivity index (χ0) is 15.5. The fourth-order valence-corrected chi connectivity index (χ4v) is 3.78. The highest BCUT2D eigenvalue weighted by Crippen LogP contribution is 2.29. The monoisotopic (exact) mass is 312 g/mol. The first kappa shape index (κ1) is 15.8. The number of carbonyl (C=O) groups is 1. The molecule has 1 fully saturated rings. The molecular formula is C14H20N2O4S. The molecule has 1 heterocycles. The third-order valence-corrected chi connectivity index (χ3v) is 4.98. The van der Waals surface area contributed by atoms with Gasteiger partial charge in [-0.05, 0) is 37.5 Å². The van der Waals surface area contributed by atoms with Crippen LogP contribution in [0.2, 0.25) is 0 Å². The molecule has 0 atom stereocenters. The lowest BCUT2D eigenvalue weighted by atomic mass is 10.2. The van der Waals surface area contributed by atoms with Crippen LogP contribution in [0, 0.1) is 0 Å². The summed E-state index contributed by atoms with van der Waals surface area (Å²) in [5.74, 6) is -1.13. The van der Waals surface area contributed by atoms with Gasteiger partial charge in [-0.3, -0.25) is 0 Å². The Morgan fingerprint density at radius 2 is 2.00 bits per heavy atom. The van der Waals surface area contributed by atoms with E-state index in [-0.39, 0.29) is 10.5 Å². The molecule has 1 aromatic carbocycles. The Bertz CT molecular complexity index is 622. The highest BCUT2D eigenvalue weighted by Gasteiger charge is 2.24. The molecule has 21 heavy (non-hydrogen) atoms. The van der Waals surface area contributed by atoms with Crippen molar-refractivity contribution >= 4 is 21.7 Å². The molecule has 7 heteroatoms. The van der Waals surface area contributed by atoms with Crippen LogP contribution in [0.4, 0.5) is 5.69 Å². The lowest BCUT2D eigenvalue weighted by molar-refractivity contribution is 0.0696. The summed E-state index contributed by atoms with van der Waals surface area (Å²) >= 11 is 0. The third-order valence-electron chi connectivity index (χ3n) is 3.49. The number of hydrogen-bond donors (Lipinski definition) is 2. The smallest absolute Gasteiger partial charge is 0.335 e. The maximum Gasteiger partial charge on any atom is 0.335 e. The van der Waals surface area contributed by atoms with Gasteiger partial charge in [0, 0.05) is 19.6 Å². The average molecular weight is 312 g/mol. The molecule has 0 aromatic heterocycles. The molecule has 1 saturated heterocycles. The van der Waals surface area contributed by atoms with Crippen LogP contribution in [0.5, 0.6) is 0 Å². The van der Waals surface area contributed by atoms with E-state index in [4.69, 9.17) is 5.11 Å². The molecular weight excluding hydrogens is 292 g/mol. The van der Waals surface area contributed by atoms with Gasteiger partial charge in [0.05, 0.1) is 11.3 Å². The van der Waals surface area contributed by atoms with Crippen LogP contribution >= 0.6 is 0 Å². The molecule has 0 aliphatic carbocycles. The van der Waals surface area contributed by atoms with Crippen LogP contribution in [-0.2, 0) is 10.0 Å². The number of aromatic carboxylic acids is 1. The molecule has 0 spiro atoms. The molecule has 1 aliphatic rings. The van der Waals surface area contributed by atoms with Gasteiger partial charge in [-0.25, -0.2) is 17.9 Å². The van der Waals surface area contributed by atoms with Crippen LogP contribution in [0.25, 0.3) is 0 Å². The summed E-state index contributed by atoms with van der Waals surface area (Å²) in [7, 11) is -3.70. The third kappa shape index (κ3) is 3.54. The largest absolute Gasteiger partial charge is 0.478 e. The van der Waals surface area contributed by atoms with E-state index in [1.807, 2.05) is 11.8 Å². The summed E-state index contributed by atoms with van der Waals surface area (Å²) in [5, 5.41) is 9.08. The second-order valence-electron chi connectivity index (χ2n) is 5.08. The Hall–Kier alpha value is -1.60. The molecule has 6 nitrogen and oxygen atoms in total. The molecule has 1 aromatic rings. The van der Waals surface area contributed by atoms with Gasteiger partial charge in [0.25, 0.3) is 0 Å². The van der Waals surface area contributed by atoms with Crippen molar-refractivity contribution in [2.45, 2.75) is 31.1 Å². The molecule has 2 N–H and O–H groups in total. The SMILES string of the molecule is CCCNS(=O)(=O)c1cc(C(=O)O)ccc1N1CCCC1. The van der Waals surface area contributed by atoms with E-state index in [0.717, 1.165) is 25.9 Å². The van der Waals surface area contributed by atoms with Crippen molar-refractivity contribution in [3.8, 4) is 0 Å². The quantitative estimate of drug-likeness (QED) is 0.834. The first-order valence-corrected chi connectivity index (χ1v) is 8.56. The number of benzene rings is 1. The van der Waals surface area contributed by atoms with Crippen molar-refractivity contribution in [1.82, 2.24) is 4.72 Å². The number of hydrogen-bond acceptors (Lipinski definition) is 4. The van der Waals surface area contributed by atoms with Crippen LogP contribution < -0.4 is 9.62 Å². The van der Waals surface area contributed by atoms with Crippen LogP contribution in [-0.4, -0.2) is 39.1 Å². The molecule has 116 valence electrons. The highest BCUT2D eigenvalue weighted by atomic mass is 32.2. The Morgan fingerprint density at radius 3 is 2.57 bits per heavy atom. The predicted octanol–water partition coefficient (Wildman–Crippen LogP) is 1.67. The maximum absolute atomic E-state index is 12.4. The van der Waals surface area contributed by atoms with Gasteiger partial charge >= 0.3 is 5.97 Å². The van der Waals surface area contributed by atoms with Gasteiger partial charge in [-0.2, -0.15) is 0 Å². The van der Waals surface area contributed by atoms with Gasteiger partial charge in [-0.15, -0.1) is 0 Å². The van der Waals surface area contributed by atoms with E-state index in [2.05, 4.69) is 4.72 Å². The Kier molecular flexibility index (Phi) is 4.84. The van der Waals surface area contributed by atoms with Crippen molar-refractivity contribution in [2.24, 2.45) is 0 Å². The number of sulfonamides is 1. The van der Waals surface area contributed by atoms with Gasteiger partial charge in [0.2, 0.25) is 10.0 Å². The molecule has 0 radical (unpaired) electrons. The lowest BCUT2D eigenvalue weighted by Gasteiger charge is -2.21. The van der Waals surface area contributed by atoms with Crippen molar-refractivity contribution in [2.75, 3.05) is 24.5 Å². The predicted molar refractivity (Wildman–Crippen MR) is 80.3 cm³/mol. The Morgan fingerprint density at radius 1 is 1.33 bits per heavy atom. The minimum atomic E-state index is -3.70. The number of carboxylic acids is 1. The fourth-order valence-electron chi connectivity index (χ4n) is 2.40. The number of nitrogens with zero attached hydrogens (tertiary/aromatic N) is 1. The molecule has 0 amide bonds. The van der Waals surface area contributed by atoms with Crippen molar-refractivity contribution in [1.29, 1.82) is 0 Å². The topological polar surface area (TPSA) is 86.7 Å². The fraction of sp³-hybridized carbons (Fsp3) is 0.500. The second-order valence-corrected chi connectivity index (χ2v) is 6.81. The van der Waals surface area contributed by atoms with Crippen molar-refractivity contribution in [3.05, 3.63) is 23.8 Å². The van der Waals surface area contributed by atoms with Gasteiger partial charge < -0.3 is 10.0 Å².